The monoisotopic (exact) mass is 423 g/mol. The van der Waals surface area contributed by atoms with Crippen LogP contribution in [0.3, 0.4) is 0 Å². The number of para-hydroxylation sites is 2. The quantitative estimate of drug-likeness (QED) is 0.408. The van der Waals surface area contributed by atoms with Crippen LogP contribution >= 0.6 is 0 Å². The molecule has 7 nitrogen and oxygen atoms in total. The Morgan fingerprint density at radius 2 is 1.62 bits per heavy atom. The van der Waals surface area contributed by atoms with Gasteiger partial charge in [0.25, 0.3) is 5.56 Å². The molecule has 5 aromatic rings. The fraction of sp³-hybridized carbons (Fsp3) is 0.0800. The molecular weight excluding hydrogens is 402 g/mol. The van der Waals surface area contributed by atoms with Crippen molar-refractivity contribution in [2.45, 2.75) is 13.2 Å². The van der Waals surface area contributed by atoms with Crippen LogP contribution < -0.4 is 15.6 Å². The number of hydrogen-bond acceptors (Lipinski definition) is 5. The van der Waals surface area contributed by atoms with Crippen LogP contribution in [0.4, 0.5) is 5.95 Å². The third kappa shape index (κ3) is 4.09. The first kappa shape index (κ1) is 19.6. The zero-order valence-corrected chi connectivity index (χ0v) is 17.2. The van der Waals surface area contributed by atoms with Crippen LogP contribution in [-0.4, -0.2) is 19.7 Å². The predicted octanol–water partition coefficient (Wildman–Crippen LogP) is 4.30. The van der Waals surface area contributed by atoms with E-state index >= 15 is 0 Å². The number of hydrogen-bond donors (Lipinski definition) is 2. The molecule has 2 aromatic heterocycles. The fourth-order valence-corrected chi connectivity index (χ4v) is 3.47. The second-order valence-electron chi connectivity index (χ2n) is 7.28. The highest BCUT2D eigenvalue weighted by Gasteiger charge is 2.12. The van der Waals surface area contributed by atoms with E-state index in [-0.39, 0.29) is 5.56 Å². The average molecular weight is 423 g/mol. The van der Waals surface area contributed by atoms with Crippen LogP contribution in [0.1, 0.15) is 11.1 Å². The van der Waals surface area contributed by atoms with Crippen molar-refractivity contribution in [1.82, 2.24) is 19.7 Å². The minimum atomic E-state index is -0.242. The van der Waals surface area contributed by atoms with Gasteiger partial charge in [0.05, 0.1) is 11.9 Å². The molecule has 32 heavy (non-hydrogen) atoms. The highest BCUT2D eigenvalue weighted by Crippen LogP contribution is 2.21. The molecule has 0 amide bonds. The molecule has 0 saturated heterocycles. The average Bonchev–Trinajstić information content (AvgIpc) is 3.28. The van der Waals surface area contributed by atoms with Crippen LogP contribution in [-0.2, 0) is 13.2 Å². The van der Waals surface area contributed by atoms with E-state index in [2.05, 4.69) is 20.4 Å². The van der Waals surface area contributed by atoms with E-state index in [1.807, 2.05) is 84.9 Å². The van der Waals surface area contributed by atoms with E-state index in [0.29, 0.717) is 30.1 Å². The second-order valence-corrected chi connectivity index (χ2v) is 7.28. The third-order valence-electron chi connectivity index (χ3n) is 5.09. The topological polar surface area (TPSA) is 84.8 Å². The van der Waals surface area contributed by atoms with Crippen LogP contribution in [0.25, 0.3) is 16.7 Å². The number of nitrogens with zero attached hydrogens (tertiary/aromatic N) is 3. The number of H-pyrrole nitrogens is 1. The van der Waals surface area contributed by atoms with Crippen LogP contribution in [0, 0.1) is 0 Å². The molecule has 158 valence electrons. The molecule has 0 atom stereocenters. The molecule has 0 fully saturated rings. The van der Waals surface area contributed by atoms with Gasteiger partial charge in [0.1, 0.15) is 17.7 Å². The van der Waals surface area contributed by atoms with Crippen molar-refractivity contribution in [2.75, 3.05) is 5.32 Å². The largest absolute Gasteiger partial charge is 0.489 e. The molecule has 0 unspecified atom stereocenters. The lowest BCUT2D eigenvalue weighted by Gasteiger charge is -2.12. The summed E-state index contributed by atoms with van der Waals surface area (Å²) in [7, 11) is 0. The minimum absolute atomic E-state index is 0.242. The molecule has 7 heteroatoms. The zero-order chi connectivity index (χ0) is 21.8. The Hall–Kier alpha value is -4.39. The van der Waals surface area contributed by atoms with Gasteiger partial charge in [0.15, 0.2) is 5.65 Å². The lowest BCUT2D eigenvalue weighted by atomic mass is 10.2. The summed E-state index contributed by atoms with van der Waals surface area (Å²) in [6.45, 7) is 0.925. The van der Waals surface area contributed by atoms with Gasteiger partial charge >= 0.3 is 0 Å². The Balaban J connectivity index is 1.37. The van der Waals surface area contributed by atoms with Gasteiger partial charge in [-0.05, 0) is 23.8 Å². The molecule has 0 saturated carbocycles. The highest BCUT2D eigenvalue weighted by atomic mass is 16.5. The molecule has 0 aliphatic carbocycles. The maximum Gasteiger partial charge on any atom is 0.263 e. The van der Waals surface area contributed by atoms with E-state index in [1.165, 1.54) is 6.20 Å². The molecular formula is C25H21N5O2. The van der Waals surface area contributed by atoms with Gasteiger partial charge in [-0.15, -0.1) is 0 Å². The van der Waals surface area contributed by atoms with Crippen molar-refractivity contribution in [3.05, 3.63) is 113 Å². The van der Waals surface area contributed by atoms with E-state index in [9.17, 15) is 4.79 Å². The van der Waals surface area contributed by atoms with Crippen molar-refractivity contribution < 1.29 is 4.74 Å². The summed E-state index contributed by atoms with van der Waals surface area (Å²) in [5.41, 5.74) is 3.15. The number of anilines is 1. The van der Waals surface area contributed by atoms with E-state index in [0.717, 1.165) is 22.6 Å². The van der Waals surface area contributed by atoms with Crippen LogP contribution in [0.2, 0.25) is 0 Å². The minimum Gasteiger partial charge on any atom is -0.489 e. The molecule has 5 rings (SSSR count). The Morgan fingerprint density at radius 3 is 2.44 bits per heavy atom. The normalized spacial score (nSPS) is 10.9. The number of ether oxygens (including phenoxy) is 1. The number of benzene rings is 3. The molecule has 2 N–H and O–H groups in total. The maximum atomic E-state index is 12.6. The summed E-state index contributed by atoms with van der Waals surface area (Å²) < 4.78 is 7.68. The van der Waals surface area contributed by atoms with Gasteiger partial charge in [-0.25, -0.2) is 4.68 Å². The third-order valence-corrected chi connectivity index (χ3v) is 5.09. The number of rotatable bonds is 7. The van der Waals surface area contributed by atoms with Gasteiger partial charge in [-0.1, -0.05) is 66.7 Å². The Morgan fingerprint density at radius 1 is 0.906 bits per heavy atom. The first-order valence-corrected chi connectivity index (χ1v) is 10.3. The smallest absolute Gasteiger partial charge is 0.263 e. The summed E-state index contributed by atoms with van der Waals surface area (Å²) >= 11 is 0. The second kappa shape index (κ2) is 8.77. The van der Waals surface area contributed by atoms with Gasteiger partial charge in [0.2, 0.25) is 5.95 Å². The summed E-state index contributed by atoms with van der Waals surface area (Å²) in [4.78, 5) is 20.0. The van der Waals surface area contributed by atoms with Crippen molar-refractivity contribution in [3.63, 3.8) is 0 Å². The Bertz CT molecular complexity index is 1390. The summed E-state index contributed by atoms with van der Waals surface area (Å²) in [6.07, 6.45) is 1.53. The van der Waals surface area contributed by atoms with Gasteiger partial charge in [-0.2, -0.15) is 10.1 Å². The Labute approximate surface area is 184 Å². The highest BCUT2D eigenvalue weighted by molar-refractivity contribution is 5.76. The Kier molecular flexibility index (Phi) is 5.36. The molecule has 0 aliphatic heterocycles. The molecule has 2 heterocycles. The zero-order valence-electron chi connectivity index (χ0n) is 17.2. The lowest BCUT2D eigenvalue weighted by Crippen LogP contribution is -2.14. The van der Waals surface area contributed by atoms with Gasteiger partial charge in [-0.3, -0.25) is 9.78 Å². The van der Waals surface area contributed by atoms with Crippen LogP contribution in [0.5, 0.6) is 5.75 Å². The first-order chi connectivity index (χ1) is 15.8. The number of nitrogens with one attached hydrogen (secondary N) is 2. The van der Waals surface area contributed by atoms with Crippen LogP contribution in [0.15, 0.2) is 95.9 Å². The van der Waals surface area contributed by atoms with E-state index < -0.39 is 0 Å². The first-order valence-electron chi connectivity index (χ1n) is 10.3. The maximum absolute atomic E-state index is 12.6. The summed E-state index contributed by atoms with van der Waals surface area (Å²) in [6, 6.07) is 27.4. The van der Waals surface area contributed by atoms with Gasteiger partial charge in [0, 0.05) is 12.1 Å². The lowest BCUT2D eigenvalue weighted by molar-refractivity contribution is 0.303. The van der Waals surface area contributed by atoms with E-state index in [4.69, 9.17) is 4.74 Å². The number of fused-ring (bicyclic) bond motifs is 1. The van der Waals surface area contributed by atoms with Crippen molar-refractivity contribution in [2.24, 2.45) is 0 Å². The molecule has 0 spiro atoms. The summed E-state index contributed by atoms with van der Waals surface area (Å²) in [5.74, 6) is 1.15. The standard InChI is InChI=1S/C25H21N5O2/c31-24-21-16-27-30(20-12-5-2-6-13-20)23(21)28-25(29-24)26-15-19-11-7-8-14-22(19)32-17-18-9-3-1-4-10-18/h1-14,16H,15,17H2,(H2,26,28,29,31). The molecule has 0 aliphatic rings. The fourth-order valence-electron chi connectivity index (χ4n) is 3.47. The summed E-state index contributed by atoms with van der Waals surface area (Å²) in [5, 5.41) is 7.99. The SMILES string of the molecule is O=c1[nH]c(NCc2ccccc2OCc2ccccc2)nc2c1cnn2-c1ccccc1. The van der Waals surface area contributed by atoms with Crippen molar-refractivity contribution >= 4 is 17.0 Å². The number of aromatic amines is 1. The van der Waals surface area contributed by atoms with E-state index in [1.54, 1.807) is 4.68 Å². The predicted molar refractivity (Wildman–Crippen MR) is 124 cm³/mol. The molecule has 0 radical (unpaired) electrons. The molecule has 0 bridgehead atoms. The van der Waals surface area contributed by atoms with Gasteiger partial charge < -0.3 is 10.1 Å². The number of aromatic nitrogens is 4. The molecule has 3 aromatic carbocycles. The van der Waals surface area contributed by atoms with Crippen molar-refractivity contribution in [3.8, 4) is 11.4 Å². The van der Waals surface area contributed by atoms with Crippen molar-refractivity contribution in [1.29, 1.82) is 0 Å².